The molecular weight excluding hydrogens is 156 g/mol. The van der Waals surface area contributed by atoms with Crippen molar-refractivity contribution in [3.05, 3.63) is 0 Å². The van der Waals surface area contributed by atoms with E-state index >= 15 is 0 Å². The maximum Gasteiger partial charge on any atom is 0.293 e. The van der Waals surface area contributed by atoms with Gasteiger partial charge in [-0.15, -0.1) is 0 Å². The second kappa shape index (κ2) is 16.2. The molecule has 12 heavy (non-hydrogen) atoms. The minimum absolute atomic E-state index is 0. The summed E-state index contributed by atoms with van der Waals surface area (Å²) in [4.78, 5) is 9.46. The molecule has 0 aromatic rings. The first-order valence-electron chi connectivity index (χ1n) is 3.62. The Kier molecular flexibility index (Phi) is 17.7. The van der Waals surface area contributed by atoms with Gasteiger partial charge in [0, 0.05) is 0 Å². The van der Waals surface area contributed by atoms with Crippen LogP contribution in [0.1, 0.15) is 26.2 Å². The quantitative estimate of drug-likeness (QED) is 0.469. The average molecular weight is 168 g/mol. The zero-order chi connectivity index (χ0) is 9.66. The van der Waals surface area contributed by atoms with Crippen LogP contribution in [0, 0.1) is 22.7 Å². The molecule has 0 N–H and O–H groups in total. The number of nitrogens with zero attached hydrogens (tertiary/aromatic N) is 2. The Hall–Kier alpha value is -1.55. The number of carbonyl (C=O) groups is 1. The third-order valence-corrected chi connectivity index (χ3v) is 0.842. The van der Waals surface area contributed by atoms with Crippen LogP contribution in [0.15, 0.2) is 0 Å². The van der Waals surface area contributed by atoms with Gasteiger partial charge in [-0.25, -0.2) is 0 Å². The van der Waals surface area contributed by atoms with Gasteiger partial charge in [-0.1, -0.05) is 13.3 Å². The molecule has 0 saturated heterocycles. The molecule has 0 atom stereocenters. The topological polar surface area (TPSA) is 73.9 Å². The van der Waals surface area contributed by atoms with E-state index in [-0.39, 0.29) is 6.42 Å². The fourth-order valence-corrected chi connectivity index (χ4v) is 0.311. The standard InChI is InChI=1S/C5H10O2.C3H2N2/c1-2-3-4-7-5-6;4-2-1-3-5/h5H,2-4H2,1H3;1H2. The molecule has 0 bridgehead atoms. The first-order valence-corrected chi connectivity index (χ1v) is 3.62. The van der Waals surface area contributed by atoms with Crippen LogP contribution in [-0.4, -0.2) is 13.1 Å². The lowest BCUT2D eigenvalue weighted by Crippen LogP contribution is -1.88. The van der Waals surface area contributed by atoms with E-state index in [9.17, 15) is 4.79 Å². The van der Waals surface area contributed by atoms with Crippen molar-refractivity contribution in [3.63, 3.8) is 0 Å². The summed E-state index contributed by atoms with van der Waals surface area (Å²) in [5.74, 6) is 0. The maximum absolute atomic E-state index is 9.46. The van der Waals surface area contributed by atoms with Gasteiger partial charge >= 0.3 is 0 Å². The van der Waals surface area contributed by atoms with Gasteiger partial charge in [0.1, 0.15) is 6.42 Å². The molecule has 0 spiro atoms. The van der Waals surface area contributed by atoms with Crippen LogP contribution in [0.2, 0.25) is 0 Å². The van der Waals surface area contributed by atoms with E-state index in [0.29, 0.717) is 13.1 Å². The van der Waals surface area contributed by atoms with Crippen molar-refractivity contribution >= 4 is 6.47 Å². The number of carbonyl (C=O) groups excluding carboxylic acids is 1. The Morgan fingerprint density at radius 1 is 1.42 bits per heavy atom. The van der Waals surface area contributed by atoms with E-state index in [1.54, 1.807) is 12.1 Å². The summed E-state index contributed by atoms with van der Waals surface area (Å²) in [6.45, 7) is 3.10. The number of unbranched alkanes of at least 4 members (excludes halogenated alkanes) is 1. The van der Waals surface area contributed by atoms with E-state index in [2.05, 4.69) is 4.74 Å². The summed E-state index contributed by atoms with van der Waals surface area (Å²) in [5.41, 5.74) is 0. The van der Waals surface area contributed by atoms with Gasteiger partial charge in [0.15, 0.2) is 0 Å². The predicted molar refractivity (Wildman–Crippen MR) is 42.8 cm³/mol. The van der Waals surface area contributed by atoms with Gasteiger partial charge < -0.3 is 4.74 Å². The third-order valence-electron chi connectivity index (χ3n) is 0.842. The molecule has 0 amide bonds. The van der Waals surface area contributed by atoms with Gasteiger partial charge in [0.2, 0.25) is 0 Å². The van der Waals surface area contributed by atoms with Crippen molar-refractivity contribution in [2.45, 2.75) is 26.2 Å². The van der Waals surface area contributed by atoms with Gasteiger partial charge in [-0.2, -0.15) is 10.5 Å². The summed E-state index contributed by atoms with van der Waals surface area (Å²) in [6.07, 6.45) is 2.05. The second-order valence-corrected chi connectivity index (χ2v) is 1.81. The molecule has 0 radical (unpaired) electrons. The third kappa shape index (κ3) is 23.7. The van der Waals surface area contributed by atoms with Crippen molar-refractivity contribution in [1.82, 2.24) is 0 Å². The van der Waals surface area contributed by atoms with Crippen LogP contribution in [0.5, 0.6) is 0 Å². The Balaban J connectivity index is 0. The molecule has 0 heterocycles. The van der Waals surface area contributed by atoms with Crippen molar-refractivity contribution in [3.8, 4) is 12.1 Å². The zero-order valence-electron chi connectivity index (χ0n) is 7.12. The fraction of sp³-hybridized carbons (Fsp3) is 0.625. The summed E-state index contributed by atoms with van der Waals surface area (Å²) in [7, 11) is 0. The summed E-state index contributed by atoms with van der Waals surface area (Å²) in [5, 5.41) is 15.2. The predicted octanol–water partition coefficient (Wildman–Crippen LogP) is 1.38. The van der Waals surface area contributed by atoms with Crippen molar-refractivity contribution in [2.24, 2.45) is 0 Å². The van der Waals surface area contributed by atoms with Crippen molar-refractivity contribution in [1.29, 1.82) is 10.5 Å². The molecule has 4 heteroatoms. The minimum Gasteiger partial charge on any atom is -0.468 e. The lowest BCUT2D eigenvalue weighted by Gasteiger charge is -1.90. The number of hydrogen-bond donors (Lipinski definition) is 0. The lowest BCUT2D eigenvalue weighted by atomic mass is 10.4. The monoisotopic (exact) mass is 168 g/mol. The Bertz CT molecular complexity index is 155. The summed E-state index contributed by atoms with van der Waals surface area (Å²) in [6, 6.07) is 3.31. The highest BCUT2D eigenvalue weighted by Gasteiger charge is 1.78. The largest absolute Gasteiger partial charge is 0.468 e. The van der Waals surface area contributed by atoms with Gasteiger partial charge in [-0.3, -0.25) is 4.79 Å². The van der Waals surface area contributed by atoms with Crippen LogP contribution < -0.4 is 0 Å². The van der Waals surface area contributed by atoms with Gasteiger partial charge in [-0.05, 0) is 6.42 Å². The molecule has 0 aliphatic heterocycles. The van der Waals surface area contributed by atoms with Crippen LogP contribution >= 0.6 is 0 Å². The molecule has 0 aromatic heterocycles. The van der Waals surface area contributed by atoms with Gasteiger partial charge in [0.05, 0.1) is 18.7 Å². The summed E-state index contributed by atoms with van der Waals surface area (Å²) < 4.78 is 4.39. The highest BCUT2D eigenvalue weighted by molar-refractivity contribution is 5.36. The molecular formula is C8H12N2O2. The van der Waals surface area contributed by atoms with Crippen LogP contribution in [-0.2, 0) is 9.53 Å². The van der Waals surface area contributed by atoms with E-state index < -0.39 is 0 Å². The first kappa shape index (κ1) is 13.1. The molecule has 0 aliphatic carbocycles. The fourth-order valence-electron chi connectivity index (χ4n) is 0.311. The highest BCUT2D eigenvalue weighted by atomic mass is 16.5. The SMILES string of the molecule is CCCCOC=O.N#CCC#N. The van der Waals surface area contributed by atoms with Crippen LogP contribution in [0.3, 0.4) is 0 Å². The van der Waals surface area contributed by atoms with Crippen LogP contribution in [0.25, 0.3) is 0 Å². The summed E-state index contributed by atoms with van der Waals surface area (Å²) >= 11 is 0. The number of ether oxygens (including phenoxy) is 1. The van der Waals surface area contributed by atoms with Crippen molar-refractivity contribution < 1.29 is 9.53 Å². The molecule has 0 rings (SSSR count). The highest BCUT2D eigenvalue weighted by Crippen LogP contribution is 1.83. The molecule has 66 valence electrons. The van der Waals surface area contributed by atoms with E-state index in [4.69, 9.17) is 10.5 Å². The zero-order valence-corrected chi connectivity index (χ0v) is 7.12. The molecule has 4 nitrogen and oxygen atoms in total. The average Bonchev–Trinajstić information content (AvgIpc) is 2.08. The van der Waals surface area contributed by atoms with E-state index in [1.165, 1.54) is 0 Å². The van der Waals surface area contributed by atoms with E-state index in [1.807, 2.05) is 6.92 Å². The smallest absolute Gasteiger partial charge is 0.293 e. The number of nitriles is 2. The second-order valence-electron chi connectivity index (χ2n) is 1.81. The van der Waals surface area contributed by atoms with Crippen LogP contribution in [0.4, 0.5) is 0 Å². The molecule has 0 saturated carbocycles. The number of rotatable bonds is 4. The molecule has 0 fully saturated rings. The lowest BCUT2D eigenvalue weighted by molar-refractivity contribution is -0.128. The Morgan fingerprint density at radius 2 is 2.00 bits per heavy atom. The number of hydrogen-bond acceptors (Lipinski definition) is 4. The van der Waals surface area contributed by atoms with E-state index in [0.717, 1.165) is 12.8 Å². The molecule has 0 aromatic carbocycles. The minimum atomic E-state index is 0. The maximum atomic E-state index is 9.46. The Morgan fingerprint density at radius 3 is 2.25 bits per heavy atom. The first-order chi connectivity index (χ1) is 5.83. The molecule has 0 aliphatic rings. The molecule has 0 unspecified atom stereocenters. The van der Waals surface area contributed by atoms with Gasteiger partial charge in [0.25, 0.3) is 6.47 Å². The normalized spacial score (nSPS) is 6.58. The van der Waals surface area contributed by atoms with Crippen molar-refractivity contribution in [2.75, 3.05) is 6.61 Å². The Labute approximate surface area is 72.4 Å².